The lowest BCUT2D eigenvalue weighted by Crippen LogP contribution is -2.05. The lowest BCUT2D eigenvalue weighted by molar-refractivity contribution is -0.763. The summed E-state index contributed by atoms with van der Waals surface area (Å²) in [7, 11) is 0. The second-order valence-electron chi connectivity index (χ2n) is 9.88. The number of halogens is 3. The maximum Gasteiger partial charge on any atom is 0.416 e. The van der Waals surface area contributed by atoms with Crippen molar-refractivity contribution in [2.75, 3.05) is 6.61 Å². The van der Waals surface area contributed by atoms with Gasteiger partial charge in [-0.1, -0.05) is 74.4 Å². The number of benzene rings is 2. The van der Waals surface area contributed by atoms with Gasteiger partial charge in [-0.05, 0) is 73.8 Å². The van der Waals surface area contributed by atoms with E-state index >= 15 is 0 Å². The van der Waals surface area contributed by atoms with Gasteiger partial charge >= 0.3 is 12.1 Å². The number of carbonyl (C=O) groups excluding carboxylic acids is 1. The molecule has 1 saturated carbocycles. The number of alkyl halides is 3. The molecule has 2 aromatic rings. The van der Waals surface area contributed by atoms with Crippen molar-refractivity contribution in [3.63, 3.8) is 0 Å². The van der Waals surface area contributed by atoms with Gasteiger partial charge in [-0.2, -0.15) is 13.2 Å². The number of rotatable bonds is 15. The molecule has 1 aliphatic carbocycles. The number of ether oxygens (including phenoxy) is 2. The van der Waals surface area contributed by atoms with Crippen molar-refractivity contribution in [2.45, 2.75) is 84.1 Å². The van der Waals surface area contributed by atoms with Crippen LogP contribution in [0.15, 0.2) is 72.8 Å². The van der Waals surface area contributed by atoms with Crippen LogP contribution >= 0.6 is 0 Å². The molecule has 230 valence electrons. The molecule has 0 N–H and O–H groups in total. The van der Waals surface area contributed by atoms with Crippen LogP contribution < -0.4 is 4.74 Å². The molecule has 0 unspecified atom stereocenters. The second-order valence-corrected chi connectivity index (χ2v) is 9.88. The molecule has 3 rings (SSSR count). The van der Waals surface area contributed by atoms with Gasteiger partial charge in [0.25, 0.3) is 5.09 Å². The van der Waals surface area contributed by atoms with Crippen molar-refractivity contribution < 1.29 is 37.4 Å². The molecule has 0 radical (unpaired) electrons. The zero-order chi connectivity index (χ0) is 30.6. The Hall–Kier alpha value is -3.82. The first-order chi connectivity index (χ1) is 20.2. The van der Waals surface area contributed by atoms with Crippen LogP contribution in [-0.2, 0) is 33.8 Å². The molecule has 7 nitrogen and oxygen atoms in total. The summed E-state index contributed by atoms with van der Waals surface area (Å²) in [6, 6.07) is 12.0. The predicted molar refractivity (Wildman–Crippen MR) is 154 cm³/mol. The summed E-state index contributed by atoms with van der Waals surface area (Å²) in [6.07, 6.45) is 13.0. The van der Waals surface area contributed by atoms with Gasteiger partial charge in [0, 0.05) is 6.42 Å². The lowest BCUT2D eigenvalue weighted by atomic mass is 10.1. The minimum atomic E-state index is -4.32. The van der Waals surface area contributed by atoms with Gasteiger partial charge in [0.1, 0.15) is 19.0 Å². The first-order valence-electron chi connectivity index (χ1n) is 14.3. The first kappa shape index (κ1) is 34.4. The lowest BCUT2D eigenvalue weighted by Gasteiger charge is -2.09. The Labute approximate surface area is 245 Å². The summed E-state index contributed by atoms with van der Waals surface area (Å²) < 4.78 is 48.1. The van der Waals surface area contributed by atoms with Crippen LogP contribution in [0.3, 0.4) is 0 Å². The maximum atomic E-state index is 12.5. The Morgan fingerprint density at radius 2 is 1.69 bits per heavy atom. The molecule has 1 fully saturated rings. The molecule has 0 bridgehead atoms. The third-order valence-corrected chi connectivity index (χ3v) is 6.44. The summed E-state index contributed by atoms with van der Waals surface area (Å²) in [5.74, 6) is 0.739. The molecule has 0 heterocycles. The molecule has 0 aliphatic heterocycles. The minimum Gasteiger partial charge on any atom is -0.493 e. The Balaban J connectivity index is 0.000000294. The van der Waals surface area contributed by atoms with E-state index in [4.69, 9.17) is 9.47 Å². The van der Waals surface area contributed by atoms with Gasteiger partial charge < -0.3 is 14.3 Å². The van der Waals surface area contributed by atoms with Gasteiger partial charge in [0.2, 0.25) is 0 Å². The molecule has 10 heteroatoms. The van der Waals surface area contributed by atoms with Crippen LogP contribution in [0, 0.1) is 16.0 Å². The summed E-state index contributed by atoms with van der Waals surface area (Å²) in [4.78, 5) is 25.9. The number of carbonyl (C=O) groups is 1. The van der Waals surface area contributed by atoms with Crippen LogP contribution in [0.4, 0.5) is 13.2 Å². The zero-order valence-corrected chi connectivity index (χ0v) is 24.0. The second kappa shape index (κ2) is 19.3. The smallest absolute Gasteiger partial charge is 0.416 e. The number of allylic oxidation sites excluding steroid dienone is 3. The van der Waals surface area contributed by atoms with E-state index in [1.807, 2.05) is 0 Å². The van der Waals surface area contributed by atoms with Gasteiger partial charge in [-0.15, -0.1) is 10.1 Å². The quantitative estimate of drug-likeness (QED) is 0.0676. The fourth-order valence-corrected chi connectivity index (χ4v) is 4.19. The summed E-state index contributed by atoms with van der Waals surface area (Å²) in [6.45, 7) is 2.60. The Kier molecular flexibility index (Phi) is 15.8. The van der Waals surface area contributed by atoms with E-state index in [-0.39, 0.29) is 24.9 Å². The fourth-order valence-electron chi connectivity index (χ4n) is 4.19. The molecule has 42 heavy (non-hydrogen) atoms. The normalized spacial score (nSPS) is 13.6. The third-order valence-electron chi connectivity index (χ3n) is 6.44. The molecule has 2 aromatic carbocycles. The highest BCUT2D eigenvalue weighted by Crippen LogP contribution is 2.31. The third kappa shape index (κ3) is 15.3. The summed E-state index contributed by atoms with van der Waals surface area (Å²) in [5, 5.41) is 9.26. The highest BCUT2D eigenvalue weighted by Gasteiger charge is 2.30. The van der Waals surface area contributed by atoms with Crippen LogP contribution in [-0.4, -0.2) is 17.7 Å². The number of hydrogen-bond acceptors (Lipinski definition) is 6. The van der Waals surface area contributed by atoms with Gasteiger partial charge in [-0.25, -0.2) is 0 Å². The number of unbranched alkanes of at least 4 members (excludes halogenated alkanes) is 1. The highest BCUT2D eigenvalue weighted by atomic mass is 19.4. The SMILES string of the molecule is CC/C=C\CCCC(=O)OCc1ccc(CO[N+](=O)[O-])cc1.FC(F)(F)c1cccc(OCC/C=C/C2CCCC2)c1. The molecule has 0 atom stereocenters. The predicted octanol–water partition coefficient (Wildman–Crippen LogP) is 8.80. The standard InChI is InChI=1S/C16H19F3O.C16H21NO5/c17-16(18,19)14-9-5-10-15(12-14)20-11-4-3-8-13-6-1-2-7-13;1-2-3-4-5-6-7-16(18)21-12-14-8-10-15(11-9-14)13-22-17(19)20/h3,5,8-10,12-13H,1-2,4,6-7,11H2;3-4,8-11H,2,5-7,12-13H2,1H3/b8-3+;4-3-. The topological polar surface area (TPSA) is 87.9 Å². The van der Waals surface area contributed by atoms with Crippen molar-refractivity contribution in [2.24, 2.45) is 5.92 Å². The Morgan fingerprint density at radius 3 is 2.33 bits per heavy atom. The highest BCUT2D eigenvalue weighted by molar-refractivity contribution is 5.69. The summed E-state index contributed by atoms with van der Waals surface area (Å²) >= 11 is 0. The van der Waals surface area contributed by atoms with Crippen LogP contribution in [0.5, 0.6) is 5.75 Å². The van der Waals surface area contributed by atoms with E-state index in [1.165, 1.54) is 31.7 Å². The Morgan fingerprint density at radius 1 is 1.00 bits per heavy atom. The van der Waals surface area contributed by atoms with E-state index in [0.29, 0.717) is 24.5 Å². The van der Waals surface area contributed by atoms with Crippen LogP contribution in [0.25, 0.3) is 0 Å². The van der Waals surface area contributed by atoms with Crippen LogP contribution in [0.2, 0.25) is 0 Å². The zero-order valence-electron chi connectivity index (χ0n) is 24.0. The average Bonchev–Trinajstić information content (AvgIpc) is 3.49. The molecule has 0 amide bonds. The van der Waals surface area contributed by atoms with E-state index in [1.54, 1.807) is 30.3 Å². The first-order valence-corrected chi connectivity index (χ1v) is 14.3. The molecular formula is C32H40F3NO6. The Bertz CT molecular complexity index is 1130. The number of esters is 1. The van der Waals surface area contributed by atoms with Crippen molar-refractivity contribution in [1.82, 2.24) is 0 Å². The fraction of sp³-hybridized carbons (Fsp3) is 0.469. The summed E-state index contributed by atoms with van der Waals surface area (Å²) in [5.41, 5.74) is 0.857. The minimum absolute atomic E-state index is 0.0850. The van der Waals surface area contributed by atoms with Gasteiger partial charge in [-0.3, -0.25) is 4.79 Å². The number of hydrogen-bond donors (Lipinski definition) is 0. The van der Waals surface area contributed by atoms with E-state index in [9.17, 15) is 28.1 Å². The van der Waals surface area contributed by atoms with Crippen molar-refractivity contribution in [3.8, 4) is 5.75 Å². The number of nitrogens with zero attached hydrogens (tertiary/aromatic N) is 1. The molecule has 1 aliphatic rings. The monoisotopic (exact) mass is 591 g/mol. The van der Waals surface area contributed by atoms with Crippen molar-refractivity contribution in [1.29, 1.82) is 0 Å². The van der Waals surface area contributed by atoms with E-state index < -0.39 is 16.8 Å². The van der Waals surface area contributed by atoms with Crippen molar-refractivity contribution in [3.05, 3.63) is 99.6 Å². The largest absolute Gasteiger partial charge is 0.493 e. The molecular weight excluding hydrogens is 551 g/mol. The van der Waals surface area contributed by atoms with Gasteiger partial charge in [0.05, 0.1) is 12.2 Å². The molecule has 0 aromatic heterocycles. The molecule has 0 saturated heterocycles. The van der Waals surface area contributed by atoms with Crippen LogP contribution in [0.1, 0.15) is 81.4 Å². The van der Waals surface area contributed by atoms with Crippen molar-refractivity contribution >= 4 is 5.97 Å². The van der Waals surface area contributed by atoms with E-state index in [2.05, 4.69) is 36.1 Å². The molecule has 0 spiro atoms. The maximum absolute atomic E-state index is 12.5. The van der Waals surface area contributed by atoms with Gasteiger partial charge in [0.15, 0.2) is 0 Å². The van der Waals surface area contributed by atoms with E-state index in [0.717, 1.165) is 43.4 Å². The average molecular weight is 592 g/mol.